The normalized spacial score (nSPS) is 33.8. The lowest BCUT2D eigenvalue weighted by Crippen LogP contribution is -2.37. The van der Waals surface area contributed by atoms with Crippen molar-refractivity contribution < 1.29 is 0 Å². The molecule has 2 aliphatic rings. The van der Waals surface area contributed by atoms with Gasteiger partial charge in [0.15, 0.2) is 0 Å². The van der Waals surface area contributed by atoms with Crippen molar-refractivity contribution >= 4 is 11.3 Å². The Morgan fingerprint density at radius 1 is 1.22 bits per heavy atom. The summed E-state index contributed by atoms with van der Waals surface area (Å²) >= 11 is 1.93. The van der Waals surface area contributed by atoms with Crippen LogP contribution in [0.1, 0.15) is 55.3 Å². The molecule has 0 amide bonds. The minimum atomic E-state index is 0.512. The molecule has 2 fully saturated rings. The molecule has 0 radical (unpaired) electrons. The summed E-state index contributed by atoms with van der Waals surface area (Å²) in [5.74, 6) is 3.02. The van der Waals surface area contributed by atoms with E-state index in [9.17, 15) is 0 Å². The number of nitrogens with one attached hydrogen (secondary N) is 1. The van der Waals surface area contributed by atoms with Gasteiger partial charge in [0.05, 0.1) is 0 Å². The zero-order valence-corrected chi connectivity index (χ0v) is 12.6. The van der Waals surface area contributed by atoms with Crippen molar-refractivity contribution in [2.75, 3.05) is 0 Å². The molecule has 1 nitrogen and oxygen atoms in total. The van der Waals surface area contributed by atoms with E-state index in [1.807, 2.05) is 11.3 Å². The Labute approximate surface area is 115 Å². The van der Waals surface area contributed by atoms with Crippen molar-refractivity contribution in [3.05, 3.63) is 21.9 Å². The van der Waals surface area contributed by atoms with Crippen LogP contribution in [0.5, 0.6) is 0 Å². The smallest absolute Gasteiger partial charge is 0.0388 e. The zero-order chi connectivity index (χ0) is 12.7. The lowest BCUT2D eigenvalue weighted by molar-refractivity contribution is 0.249. The van der Waals surface area contributed by atoms with Gasteiger partial charge in [-0.05, 0) is 69.9 Å². The lowest BCUT2D eigenvalue weighted by atomic mass is 9.84. The topological polar surface area (TPSA) is 12.0 Å². The Morgan fingerprint density at radius 3 is 2.61 bits per heavy atom. The molecule has 5 unspecified atom stereocenters. The summed E-state index contributed by atoms with van der Waals surface area (Å²) in [4.78, 5) is 2.91. The van der Waals surface area contributed by atoms with Gasteiger partial charge < -0.3 is 5.32 Å². The molecule has 2 heteroatoms. The second-order valence-electron chi connectivity index (χ2n) is 6.46. The number of hydrogen-bond acceptors (Lipinski definition) is 2. The second-order valence-corrected chi connectivity index (χ2v) is 7.78. The van der Waals surface area contributed by atoms with Crippen LogP contribution in [0.15, 0.2) is 12.1 Å². The van der Waals surface area contributed by atoms with Crippen LogP contribution >= 0.6 is 11.3 Å². The van der Waals surface area contributed by atoms with E-state index in [1.54, 1.807) is 0 Å². The van der Waals surface area contributed by atoms with Crippen LogP contribution in [0.4, 0.5) is 0 Å². The van der Waals surface area contributed by atoms with E-state index in [4.69, 9.17) is 0 Å². The van der Waals surface area contributed by atoms with Gasteiger partial charge in [-0.2, -0.15) is 0 Å². The van der Waals surface area contributed by atoms with E-state index in [2.05, 4.69) is 38.2 Å². The van der Waals surface area contributed by atoms with E-state index in [1.165, 1.54) is 35.4 Å². The number of fused-ring (bicyclic) bond motifs is 2. The fourth-order valence-corrected chi connectivity index (χ4v) is 5.08. The van der Waals surface area contributed by atoms with Crippen molar-refractivity contribution in [2.45, 2.75) is 58.5 Å². The summed E-state index contributed by atoms with van der Waals surface area (Å²) in [7, 11) is 0. The zero-order valence-electron chi connectivity index (χ0n) is 11.8. The Morgan fingerprint density at radius 2 is 2.06 bits per heavy atom. The van der Waals surface area contributed by atoms with Crippen LogP contribution in [0, 0.1) is 24.7 Å². The second kappa shape index (κ2) is 4.97. The highest BCUT2D eigenvalue weighted by Crippen LogP contribution is 2.49. The molecule has 5 atom stereocenters. The van der Waals surface area contributed by atoms with Crippen molar-refractivity contribution in [3.8, 4) is 0 Å². The van der Waals surface area contributed by atoms with Crippen molar-refractivity contribution in [1.82, 2.24) is 5.32 Å². The molecule has 3 rings (SSSR count). The molecule has 2 aliphatic carbocycles. The highest BCUT2D eigenvalue weighted by Gasteiger charge is 2.41. The van der Waals surface area contributed by atoms with Crippen LogP contribution in [-0.4, -0.2) is 6.04 Å². The summed E-state index contributed by atoms with van der Waals surface area (Å²) < 4.78 is 0. The van der Waals surface area contributed by atoms with E-state index >= 15 is 0 Å². The molecule has 2 bridgehead atoms. The highest BCUT2D eigenvalue weighted by atomic mass is 32.1. The van der Waals surface area contributed by atoms with E-state index < -0.39 is 0 Å². The largest absolute Gasteiger partial charge is 0.307 e. The average molecular weight is 263 g/mol. The molecule has 2 saturated carbocycles. The van der Waals surface area contributed by atoms with Crippen molar-refractivity contribution in [2.24, 2.45) is 17.8 Å². The third-order valence-corrected chi connectivity index (χ3v) is 6.32. The van der Waals surface area contributed by atoms with Gasteiger partial charge in [-0.3, -0.25) is 0 Å². The molecule has 100 valence electrons. The molecule has 0 aromatic carbocycles. The van der Waals surface area contributed by atoms with Gasteiger partial charge in [-0.15, -0.1) is 11.3 Å². The molecule has 1 heterocycles. The standard InChI is InChI=1S/C16H25NS/c1-10-4-7-16(18-10)12(3)17-11(2)15-9-13-5-6-14(15)8-13/h4,7,11-15,17H,5-6,8-9H2,1-3H3. The molecule has 1 N–H and O–H groups in total. The molecule has 1 aromatic rings. The fourth-order valence-electron chi connectivity index (χ4n) is 4.19. The van der Waals surface area contributed by atoms with Gasteiger partial charge in [0.1, 0.15) is 0 Å². The van der Waals surface area contributed by atoms with Crippen LogP contribution in [0.25, 0.3) is 0 Å². The monoisotopic (exact) mass is 263 g/mol. The summed E-state index contributed by atoms with van der Waals surface area (Å²) in [5, 5.41) is 3.85. The van der Waals surface area contributed by atoms with Crippen LogP contribution in [-0.2, 0) is 0 Å². The molecule has 0 saturated heterocycles. The Kier molecular flexibility index (Phi) is 3.50. The molecule has 0 spiro atoms. The first-order chi connectivity index (χ1) is 8.63. The van der Waals surface area contributed by atoms with Gasteiger partial charge in [-0.1, -0.05) is 6.42 Å². The summed E-state index contributed by atoms with van der Waals surface area (Å²) in [6.07, 6.45) is 6.00. The van der Waals surface area contributed by atoms with Gasteiger partial charge in [-0.25, -0.2) is 0 Å². The molecular formula is C16H25NS. The Hall–Kier alpha value is -0.340. The summed E-state index contributed by atoms with van der Waals surface area (Å²) in [6.45, 7) is 6.91. The fraction of sp³-hybridized carbons (Fsp3) is 0.750. The van der Waals surface area contributed by atoms with E-state index in [-0.39, 0.29) is 0 Å². The number of rotatable bonds is 4. The molecular weight excluding hydrogens is 238 g/mol. The third-order valence-electron chi connectivity index (χ3n) is 5.14. The minimum absolute atomic E-state index is 0.512. The number of thiophene rings is 1. The average Bonchev–Trinajstić information content (AvgIpc) is 3.03. The quantitative estimate of drug-likeness (QED) is 0.841. The lowest BCUT2D eigenvalue weighted by Gasteiger charge is -2.30. The van der Waals surface area contributed by atoms with Crippen molar-refractivity contribution in [3.63, 3.8) is 0 Å². The van der Waals surface area contributed by atoms with Gasteiger partial charge in [0, 0.05) is 21.8 Å². The SMILES string of the molecule is Cc1ccc(C(C)NC(C)C2CC3CCC2C3)s1. The maximum atomic E-state index is 3.85. The molecule has 18 heavy (non-hydrogen) atoms. The number of aryl methyl sites for hydroxylation is 1. The minimum Gasteiger partial charge on any atom is -0.307 e. The highest BCUT2D eigenvalue weighted by molar-refractivity contribution is 7.12. The number of hydrogen-bond donors (Lipinski definition) is 1. The first kappa shape index (κ1) is 12.7. The van der Waals surface area contributed by atoms with Gasteiger partial charge >= 0.3 is 0 Å². The molecule has 0 aliphatic heterocycles. The Balaban J connectivity index is 1.59. The first-order valence-corrected chi connectivity index (χ1v) is 8.27. The van der Waals surface area contributed by atoms with Gasteiger partial charge in [0.25, 0.3) is 0 Å². The van der Waals surface area contributed by atoms with Crippen LogP contribution in [0.2, 0.25) is 0 Å². The van der Waals surface area contributed by atoms with E-state index in [0.717, 1.165) is 17.8 Å². The maximum Gasteiger partial charge on any atom is 0.0388 e. The third kappa shape index (κ3) is 2.37. The van der Waals surface area contributed by atoms with E-state index in [0.29, 0.717) is 12.1 Å². The predicted octanol–water partition coefficient (Wildman–Crippen LogP) is 4.53. The maximum absolute atomic E-state index is 3.85. The molecule has 1 aromatic heterocycles. The first-order valence-electron chi connectivity index (χ1n) is 7.46. The van der Waals surface area contributed by atoms with Crippen LogP contribution in [0.3, 0.4) is 0 Å². The van der Waals surface area contributed by atoms with Gasteiger partial charge in [0.2, 0.25) is 0 Å². The predicted molar refractivity (Wildman–Crippen MR) is 79.0 cm³/mol. The Bertz CT molecular complexity index is 411. The van der Waals surface area contributed by atoms with Crippen molar-refractivity contribution in [1.29, 1.82) is 0 Å². The van der Waals surface area contributed by atoms with Crippen LogP contribution < -0.4 is 5.32 Å². The summed E-state index contributed by atoms with van der Waals surface area (Å²) in [6, 6.07) is 5.71. The summed E-state index contributed by atoms with van der Waals surface area (Å²) in [5.41, 5.74) is 0.